The van der Waals surface area contributed by atoms with Crippen LogP contribution >= 0.6 is 11.6 Å². The molecule has 0 radical (unpaired) electrons. The number of amides is 1. The van der Waals surface area contributed by atoms with Gasteiger partial charge >= 0.3 is 0 Å². The lowest BCUT2D eigenvalue weighted by atomic mass is 10.1. The smallest absolute Gasteiger partial charge is 0.287 e. The van der Waals surface area contributed by atoms with Gasteiger partial charge in [-0.05, 0) is 42.8 Å². The average molecular weight is 356 g/mol. The van der Waals surface area contributed by atoms with Gasteiger partial charge in [0.15, 0.2) is 5.76 Å². The molecule has 1 unspecified atom stereocenters. The predicted molar refractivity (Wildman–Crippen MR) is 96.8 cm³/mol. The lowest BCUT2D eigenvalue weighted by molar-refractivity contribution is 0.0907. The van der Waals surface area contributed by atoms with Crippen molar-refractivity contribution in [2.75, 3.05) is 0 Å². The number of rotatable bonds is 6. The molecule has 0 saturated heterocycles. The summed E-state index contributed by atoms with van der Waals surface area (Å²) in [6.07, 6.45) is 0. The molecule has 0 aliphatic rings. The van der Waals surface area contributed by atoms with Gasteiger partial charge in [-0.25, -0.2) is 0 Å². The van der Waals surface area contributed by atoms with Crippen LogP contribution in [0.4, 0.5) is 0 Å². The first kappa shape index (κ1) is 17.1. The molecule has 25 heavy (non-hydrogen) atoms. The molecule has 5 heteroatoms. The minimum absolute atomic E-state index is 0.107. The van der Waals surface area contributed by atoms with E-state index in [1.165, 1.54) is 0 Å². The van der Waals surface area contributed by atoms with Gasteiger partial charge in [-0.15, -0.1) is 0 Å². The van der Waals surface area contributed by atoms with Crippen molar-refractivity contribution in [2.45, 2.75) is 19.6 Å². The van der Waals surface area contributed by atoms with Crippen LogP contribution in [0.3, 0.4) is 0 Å². The Kier molecular flexibility index (Phi) is 5.41. The van der Waals surface area contributed by atoms with Crippen LogP contribution in [0.15, 0.2) is 71.1 Å². The molecule has 4 nitrogen and oxygen atoms in total. The molecular formula is C20H18ClNO3. The van der Waals surface area contributed by atoms with E-state index >= 15 is 0 Å². The van der Waals surface area contributed by atoms with Crippen molar-refractivity contribution in [3.8, 4) is 5.75 Å². The van der Waals surface area contributed by atoms with Gasteiger partial charge in [0, 0.05) is 5.02 Å². The first-order valence-electron chi connectivity index (χ1n) is 7.95. The van der Waals surface area contributed by atoms with E-state index in [-0.39, 0.29) is 24.3 Å². The summed E-state index contributed by atoms with van der Waals surface area (Å²) in [5.74, 6) is 1.21. The molecule has 0 saturated carbocycles. The Morgan fingerprint density at radius 1 is 1.12 bits per heavy atom. The van der Waals surface area contributed by atoms with E-state index in [1.807, 2.05) is 49.4 Å². The molecule has 0 spiro atoms. The maximum absolute atomic E-state index is 12.3. The second-order valence-electron chi connectivity index (χ2n) is 5.62. The van der Waals surface area contributed by atoms with Gasteiger partial charge in [-0.3, -0.25) is 4.79 Å². The van der Waals surface area contributed by atoms with E-state index < -0.39 is 0 Å². The molecule has 3 rings (SSSR count). The zero-order valence-corrected chi connectivity index (χ0v) is 14.5. The van der Waals surface area contributed by atoms with Crippen LogP contribution in [0.5, 0.6) is 5.75 Å². The standard InChI is InChI=1S/C20H18ClNO3/c1-14(15-6-3-2-4-7-15)22-20(23)19-11-10-18(25-19)13-24-17-9-5-8-16(21)12-17/h2-12,14H,13H2,1H3,(H,22,23). The van der Waals surface area contributed by atoms with E-state index in [2.05, 4.69) is 5.32 Å². The molecule has 0 aliphatic heterocycles. The highest BCUT2D eigenvalue weighted by Gasteiger charge is 2.15. The zero-order valence-electron chi connectivity index (χ0n) is 13.7. The monoisotopic (exact) mass is 355 g/mol. The number of hydrogen-bond donors (Lipinski definition) is 1. The van der Waals surface area contributed by atoms with Crippen LogP contribution in [0, 0.1) is 0 Å². The highest BCUT2D eigenvalue weighted by Crippen LogP contribution is 2.19. The highest BCUT2D eigenvalue weighted by molar-refractivity contribution is 6.30. The van der Waals surface area contributed by atoms with Crippen LogP contribution in [-0.4, -0.2) is 5.91 Å². The van der Waals surface area contributed by atoms with Crippen LogP contribution in [0.25, 0.3) is 0 Å². The largest absolute Gasteiger partial charge is 0.486 e. The summed E-state index contributed by atoms with van der Waals surface area (Å²) in [6, 6.07) is 20.1. The summed E-state index contributed by atoms with van der Waals surface area (Å²) in [6.45, 7) is 2.15. The Morgan fingerprint density at radius 3 is 2.68 bits per heavy atom. The average Bonchev–Trinajstić information content (AvgIpc) is 3.10. The molecule has 1 atom stereocenters. The molecule has 1 N–H and O–H groups in total. The lowest BCUT2D eigenvalue weighted by Gasteiger charge is -2.13. The topological polar surface area (TPSA) is 51.5 Å². The highest BCUT2D eigenvalue weighted by atomic mass is 35.5. The molecule has 0 aliphatic carbocycles. The van der Waals surface area contributed by atoms with E-state index in [1.54, 1.807) is 24.3 Å². The van der Waals surface area contributed by atoms with E-state index in [0.29, 0.717) is 16.5 Å². The molecular weight excluding hydrogens is 338 g/mol. The van der Waals surface area contributed by atoms with Gasteiger partial charge in [0.2, 0.25) is 0 Å². The van der Waals surface area contributed by atoms with Gasteiger partial charge in [-0.1, -0.05) is 48.0 Å². The number of hydrogen-bond acceptors (Lipinski definition) is 3. The predicted octanol–water partition coefficient (Wildman–Crippen LogP) is 5.00. The molecule has 1 heterocycles. The molecule has 1 amide bonds. The van der Waals surface area contributed by atoms with Crippen molar-refractivity contribution in [1.82, 2.24) is 5.32 Å². The Labute approximate surface area is 151 Å². The quantitative estimate of drug-likeness (QED) is 0.676. The number of ether oxygens (including phenoxy) is 1. The Balaban J connectivity index is 1.58. The fourth-order valence-electron chi connectivity index (χ4n) is 2.38. The summed E-state index contributed by atoms with van der Waals surface area (Å²) in [7, 11) is 0. The van der Waals surface area contributed by atoms with Crippen LogP contribution in [0.1, 0.15) is 34.8 Å². The third kappa shape index (κ3) is 4.64. The van der Waals surface area contributed by atoms with Gasteiger partial charge in [0.1, 0.15) is 18.1 Å². The lowest BCUT2D eigenvalue weighted by Crippen LogP contribution is -2.26. The fraction of sp³-hybridized carbons (Fsp3) is 0.150. The Bertz CT molecular complexity index is 845. The number of carbonyl (C=O) groups excluding carboxylic acids is 1. The minimum Gasteiger partial charge on any atom is -0.486 e. The third-order valence-corrected chi connectivity index (χ3v) is 3.94. The van der Waals surface area contributed by atoms with Gasteiger partial charge < -0.3 is 14.5 Å². The van der Waals surface area contributed by atoms with Crippen molar-refractivity contribution >= 4 is 17.5 Å². The van der Waals surface area contributed by atoms with Crippen molar-refractivity contribution in [3.05, 3.63) is 88.8 Å². The normalized spacial score (nSPS) is 11.8. The van der Waals surface area contributed by atoms with E-state index in [9.17, 15) is 4.79 Å². The van der Waals surface area contributed by atoms with E-state index in [4.69, 9.17) is 20.8 Å². The summed E-state index contributed by atoms with van der Waals surface area (Å²) < 4.78 is 11.2. The Hall–Kier alpha value is -2.72. The van der Waals surface area contributed by atoms with Gasteiger partial charge in [0.25, 0.3) is 5.91 Å². The maximum Gasteiger partial charge on any atom is 0.287 e. The van der Waals surface area contributed by atoms with Gasteiger partial charge in [0.05, 0.1) is 6.04 Å². The summed E-state index contributed by atoms with van der Waals surface area (Å²) in [5, 5.41) is 3.52. The third-order valence-electron chi connectivity index (χ3n) is 3.71. The SMILES string of the molecule is CC(NC(=O)c1ccc(COc2cccc(Cl)c2)o1)c1ccccc1. The van der Waals surface area contributed by atoms with Crippen LogP contribution in [0.2, 0.25) is 5.02 Å². The molecule has 2 aromatic carbocycles. The first-order valence-corrected chi connectivity index (χ1v) is 8.32. The summed E-state index contributed by atoms with van der Waals surface area (Å²) >= 11 is 5.91. The number of benzene rings is 2. The summed E-state index contributed by atoms with van der Waals surface area (Å²) in [4.78, 5) is 12.3. The first-order chi connectivity index (χ1) is 12.1. The molecule has 128 valence electrons. The van der Waals surface area contributed by atoms with Crippen molar-refractivity contribution in [2.24, 2.45) is 0 Å². The second-order valence-corrected chi connectivity index (χ2v) is 6.05. The number of furan rings is 1. The van der Waals surface area contributed by atoms with Crippen molar-refractivity contribution < 1.29 is 13.9 Å². The second kappa shape index (κ2) is 7.90. The molecule has 0 fully saturated rings. The van der Waals surface area contributed by atoms with Crippen LogP contribution in [-0.2, 0) is 6.61 Å². The number of carbonyl (C=O) groups is 1. The Morgan fingerprint density at radius 2 is 1.92 bits per heavy atom. The van der Waals surface area contributed by atoms with E-state index in [0.717, 1.165) is 5.56 Å². The van der Waals surface area contributed by atoms with Gasteiger partial charge in [-0.2, -0.15) is 0 Å². The molecule has 1 aromatic heterocycles. The molecule has 0 bridgehead atoms. The maximum atomic E-state index is 12.3. The van der Waals surface area contributed by atoms with Crippen LogP contribution < -0.4 is 10.1 Å². The van der Waals surface area contributed by atoms with Crippen molar-refractivity contribution in [3.63, 3.8) is 0 Å². The minimum atomic E-state index is -0.259. The molecule has 3 aromatic rings. The number of nitrogens with one attached hydrogen (secondary N) is 1. The zero-order chi connectivity index (χ0) is 17.6. The summed E-state index contributed by atoms with van der Waals surface area (Å²) in [5.41, 5.74) is 1.03. The number of halogens is 1. The van der Waals surface area contributed by atoms with Crippen molar-refractivity contribution in [1.29, 1.82) is 0 Å². The fourth-order valence-corrected chi connectivity index (χ4v) is 2.56.